The highest BCUT2D eigenvalue weighted by atomic mass is 16.2. The number of aryl methyl sites for hydroxylation is 1. The van der Waals surface area contributed by atoms with Crippen LogP contribution in [0.4, 0.5) is 0 Å². The van der Waals surface area contributed by atoms with Crippen LogP contribution in [0.15, 0.2) is 40.1 Å². The monoisotopic (exact) mass is 241 g/mol. The number of aromatic amines is 1. The SMILES string of the molecule is CCc1ccccc1-n1cc(C#N)c(=O)[nH]c1=O. The number of aromatic nitrogens is 2. The van der Waals surface area contributed by atoms with Gasteiger partial charge < -0.3 is 0 Å². The zero-order valence-electron chi connectivity index (χ0n) is 9.80. The van der Waals surface area contributed by atoms with E-state index in [0.29, 0.717) is 5.69 Å². The van der Waals surface area contributed by atoms with Crippen molar-refractivity contribution in [1.29, 1.82) is 5.26 Å². The maximum atomic E-state index is 11.8. The second-order valence-electron chi connectivity index (χ2n) is 3.77. The van der Waals surface area contributed by atoms with Crippen molar-refractivity contribution >= 4 is 0 Å². The minimum atomic E-state index is -0.660. The average Bonchev–Trinajstić information content (AvgIpc) is 2.39. The molecular formula is C13H11N3O2. The molecule has 2 aromatic rings. The second-order valence-corrected chi connectivity index (χ2v) is 3.77. The molecule has 0 spiro atoms. The summed E-state index contributed by atoms with van der Waals surface area (Å²) in [6.45, 7) is 1.97. The number of nitriles is 1. The summed E-state index contributed by atoms with van der Waals surface area (Å²) < 4.78 is 1.29. The van der Waals surface area contributed by atoms with Gasteiger partial charge in [0.15, 0.2) is 0 Å². The van der Waals surface area contributed by atoms with Gasteiger partial charge in [-0.3, -0.25) is 14.3 Å². The van der Waals surface area contributed by atoms with Gasteiger partial charge in [0, 0.05) is 6.20 Å². The molecule has 0 unspecified atom stereocenters. The molecule has 0 aliphatic heterocycles. The summed E-state index contributed by atoms with van der Waals surface area (Å²) in [6, 6.07) is 9.13. The third-order valence-corrected chi connectivity index (χ3v) is 2.69. The van der Waals surface area contributed by atoms with Crippen LogP contribution in [0.25, 0.3) is 5.69 Å². The number of benzene rings is 1. The van der Waals surface area contributed by atoms with Gasteiger partial charge in [-0.25, -0.2) is 4.79 Å². The zero-order valence-corrected chi connectivity index (χ0v) is 9.80. The Kier molecular flexibility index (Phi) is 3.11. The van der Waals surface area contributed by atoms with E-state index in [1.54, 1.807) is 18.2 Å². The van der Waals surface area contributed by atoms with Crippen molar-refractivity contribution in [3.05, 3.63) is 62.4 Å². The summed E-state index contributed by atoms with van der Waals surface area (Å²) in [5.74, 6) is 0. The quantitative estimate of drug-likeness (QED) is 0.850. The first kappa shape index (κ1) is 11.9. The largest absolute Gasteiger partial charge is 0.332 e. The molecule has 0 radical (unpaired) electrons. The lowest BCUT2D eigenvalue weighted by Crippen LogP contribution is -2.30. The Balaban J connectivity index is 2.76. The minimum absolute atomic E-state index is 0.0829. The Morgan fingerprint density at radius 1 is 1.33 bits per heavy atom. The molecule has 0 atom stereocenters. The highest BCUT2D eigenvalue weighted by Gasteiger charge is 2.08. The fourth-order valence-electron chi connectivity index (χ4n) is 1.77. The van der Waals surface area contributed by atoms with Crippen LogP contribution >= 0.6 is 0 Å². The van der Waals surface area contributed by atoms with Gasteiger partial charge in [0.2, 0.25) is 0 Å². The number of para-hydroxylation sites is 1. The first-order valence-corrected chi connectivity index (χ1v) is 5.51. The molecule has 1 heterocycles. The summed E-state index contributed by atoms with van der Waals surface area (Å²) in [6.07, 6.45) is 2.03. The van der Waals surface area contributed by atoms with E-state index in [-0.39, 0.29) is 5.56 Å². The van der Waals surface area contributed by atoms with Crippen molar-refractivity contribution in [1.82, 2.24) is 9.55 Å². The topological polar surface area (TPSA) is 78.7 Å². The summed E-state index contributed by atoms with van der Waals surface area (Å²) >= 11 is 0. The molecular weight excluding hydrogens is 230 g/mol. The molecule has 2 rings (SSSR count). The molecule has 0 saturated heterocycles. The maximum absolute atomic E-state index is 11.8. The van der Waals surface area contributed by atoms with Crippen LogP contribution in [-0.4, -0.2) is 9.55 Å². The number of rotatable bonds is 2. The van der Waals surface area contributed by atoms with Crippen molar-refractivity contribution in [2.45, 2.75) is 13.3 Å². The predicted molar refractivity (Wildman–Crippen MR) is 66.8 cm³/mol. The first-order chi connectivity index (χ1) is 8.67. The molecule has 5 nitrogen and oxygen atoms in total. The molecule has 1 aromatic carbocycles. The second kappa shape index (κ2) is 4.72. The summed E-state index contributed by atoms with van der Waals surface area (Å²) in [4.78, 5) is 25.2. The maximum Gasteiger partial charge on any atom is 0.332 e. The zero-order chi connectivity index (χ0) is 13.1. The van der Waals surface area contributed by atoms with E-state index in [1.807, 2.05) is 19.1 Å². The fraction of sp³-hybridized carbons (Fsp3) is 0.154. The third-order valence-electron chi connectivity index (χ3n) is 2.69. The molecule has 1 N–H and O–H groups in total. The molecule has 0 aliphatic carbocycles. The summed E-state index contributed by atoms with van der Waals surface area (Å²) in [5.41, 5.74) is 0.362. The first-order valence-electron chi connectivity index (χ1n) is 5.51. The Morgan fingerprint density at radius 3 is 2.72 bits per heavy atom. The van der Waals surface area contributed by atoms with Gasteiger partial charge in [-0.2, -0.15) is 5.26 Å². The van der Waals surface area contributed by atoms with E-state index in [0.717, 1.165) is 12.0 Å². The van der Waals surface area contributed by atoms with Crippen molar-refractivity contribution in [2.24, 2.45) is 0 Å². The van der Waals surface area contributed by atoms with Gasteiger partial charge >= 0.3 is 5.69 Å². The van der Waals surface area contributed by atoms with Crippen molar-refractivity contribution < 1.29 is 0 Å². The molecule has 0 amide bonds. The third kappa shape index (κ3) is 1.96. The van der Waals surface area contributed by atoms with E-state index in [4.69, 9.17) is 5.26 Å². The Labute approximate surface area is 103 Å². The Hall–Kier alpha value is -2.61. The summed E-state index contributed by atoms with van der Waals surface area (Å²) in [7, 11) is 0. The normalized spacial score (nSPS) is 10.0. The average molecular weight is 241 g/mol. The molecule has 0 saturated carbocycles. The molecule has 18 heavy (non-hydrogen) atoms. The highest BCUT2D eigenvalue weighted by Crippen LogP contribution is 2.12. The van der Waals surface area contributed by atoms with Crippen LogP contribution < -0.4 is 11.2 Å². The van der Waals surface area contributed by atoms with E-state index >= 15 is 0 Å². The molecule has 1 aromatic heterocycles. The van der Waals surface area contributed by atoms with Gasteiger partial charge in [-0.05, 0) is 18.1 Å². The van der Waals surface area contributed by atoms with E-state index in [9.17, 15) is 9.59 Å². The van der Waals surface area contributed by atoms with Crippen LogP contribution in [0.2, 0.25) is 0 Å². The molecule has 0 fully saturated rings. The number of nitrogens with zero attached hydrogens (tertiary/aromatic N) is 2. The molecule has 0 bridgehead atoms. The van der Waals surface area contributed by atoms with E-state index in [2.05, 4.69) is 4.98 Å². The minimum Gasteiger partial charge on any atom is -0.273 e. The van der Waals surface area contributed by atoms with Crippen molar-refractivity contribution in [3.8, 4) is 11.8 Å². The predicted octanol–water partition coefficient (Wildman–Crippen LogP) is 0.960. The Morgan fingerprint density at radius 2 is 2.06 bits per heavy atom. The van der Waals surface area contributed by atoms with E-state index < -0.39 is 11.2 Å². The number of H-pyrrole nitrogens is 1. The number of nitrogens with one attached hydrogen (secondary N) is 1. The van der Waals surface area contributed by atoms with Gasteiger partial charge in [-0.15, -0.1) is 0 Å². The van der Waals surface area contributed by atoms with Gasteiger partial charge in [0.05, 0.1) is 5.69 Å². The molecule has 0 aliphatic rings. The number of hydrogen-bond donors (Lipinski definition) is 1. The lowest BCUT2D eigenvalue weighted by atomic mass is 10.1. The molecule has 5 heteroatoms. The van der Waals surface area contributed by atoms with Crippen LogP contribution in [0.3, 0.4) is 0 Å². The van der Waals surface area contributed by atoms with Crippen LogP contribution in [0.5, 0.6) is 0 Å². The van der Waals surface area contributed by atoms with Gasteiger partial charge in [0.25, 0.3) is 5.56 Å². The Bertz CT molecular complexity index is 735. The summed E-state index contributed by atoms with van der Waals surface area (Å²) in [5, 5.41) is 8.82. The lowest BCUT2D eigenvalue weighted by molar-refractivity contribution is 0.874. The molecule has 90 valence electrons. The standard InChI is InChI=1S/C13H11N3O2/c1-2-9-5-3-4-6-11(9)16-8-10(7-14)12(17)15-13(16)18/h3-6,8H,2H2,1H3,(H,15,17,18). The number of hydrogen-bond acceptors (Lipinski definition) is 3. The van der Waals surface area contributed by atoms with Crippen LogP contribution in [0, 0.1) is 11.3 Å². The van der Waals surface area contributed by atoms with Gasteiger partial charge in [-0.1, -0.05) is 25.1 Å². The van der Waals surface area contributed by atoms with Crippen molar-refractivity contribution in [3.63, 3.8) is 0 Å². The highest BCUT2D eigenvalue weighted by molar-refractivity contribution is 5.42. The van der Waals surface area contributed by atoms with Crippen molar-refractivity contribution in [2.75, 3.05) is 0 Å². The van der Waals surface area contributed by atoms with Gasteiger partial charge in [0.1, 0.15) is 11.6 Å². The smallest absolute Gasteiger partial charge is 0.273 e. The van der Waals surface area contributed by atoms with Crippen LogP contribution in [0.1, 0.15) is 18.1 Å². The fourth-order valence-corrected chi connectivity index (χ4v) is 1.77. The van der Waals surface area contributed by atoms with E-state index in [1.165, 1.54) is 10.8 Å². The van der Waals surface area contributed by atoms with Crippen LogP contribution in [-0.2, 0) is 6.42 Å². The lowest BCUT2D eigenvalue weighted by Gasteiger charge is -2.09.